The summed E-state index contributed by atoms with van der Waals surface area (Å²) < 4.78 is 39.1. The van der Waals surface area contributed by atoms with Gasteiger partial charge in [0.2, 0.25) is 0 Å². The highest BCUT2D eigenvalue weighted by atomic mass is 31.2. The van der Waals surface area contributed by atoms with Crippen molar-refractivity contribution in [2.24, 2.45) is 0 Å². The van der Waals surface area contributed by atoms with Crippen molar-refractivity contribution in [3.05, 3.63) is 65.7 Å². The van der Waals surface area contributed by atoms with Gasteiger partial charge in [-0.15, -0.1) is 0 Å². The van der Waals surface area contributed by atoms with Crippen LogP contribution in [0, 0.1) is 11.6 Å². The van der Waals surface area contributed by atoms with Crippen LogP contribution in [0.3, 0.4) is 0 Å². The second kappa shape index (κ2) is 6.28. The molecule has 1 aliphatic rings. The van der Waals surface area contributed by atoms with Crippen LogP contribution >= 0.6 is 7.60 Å². The van der Waals surface area contributed by atoms with Gasteiger partial charge < -0.3 is 14.7 Å². The molecule has 1 saturated heterocycles. The van der Waals surface area contributed by atoms with Gasteiger partial charge in [0.25, 0.3) is 0 Å². The molecular weight excluding hydrogens is 335 g/mol. The molecule has 24 heavy (non-hydrogen) atoms. The Hall–Kier alpha value is -1.75. The van der Waals surface area contributed by atoms with Crippen LogP contribution in [0.15, 0.2) is 48.5 Å². The zero-order valence-corrected chi connectivity index (χ0v) is 13.8. The number of hydrogen-bond acceptors (Lipinski definition) is 2. The van der Waals surface area contributed by atoms with Crippen molar-refractivity contribution >= 4 is 13.3 Å². The maximum Gasteiger partial charge on any atom is 0.355 e. The average molecular weight is 353 g/mol. The van der Waals surface area contributed by atoms with E-state index in [-0.39, 0.29) is 6.42 Å². The molecule has 4 nitrogen and oxygen atoms in total. The minimum atomic E-state index is -4.63. The fourth-order valence-electron chi connectivity index (χ4n) is 3.41. The summed E-state index contributed by atoms with van der Waals surface area (Å²) >= 11 is 0. The number of anilines is 1. The Morgan fingerprint density at radius 1 is 0.917 bits per heavy atom. The topological polar surface area (TPSA) is 60.8 Å². The molecule has 1 atom stereocenters. The van der Waals surface area contributed by atoms with E-state index in [0.717, 1.165) is 6.42 Å². The fourth-order valence-corrected chi connectivity index (χ4v) is 4.88. The second-order valence-electron chi connectivity index (χ2n) is 5.95. The molecule has 1 aliphatic heterocycles. The quantitative estimate of drug-likeness (QED) is 0.820. The molecule has 0 bridgehead atoms. The predicted molar refractivity (Wildman–Crippen MR) is 87.7 cm³/mol. The first kappa shape index (κ1) is 17.1. The van der Waals surface area contributed by atoms with Crippen molar-refractivity contribution in [3.8, 4) is 0 Å². The van der Waals surface area contributed by atoms with Crippen molar-refractivity contribution in [2.75, 3.05) is 11.4 Å². The lowest BCUT2D eigenvalue weighted by atomic mass is 9.93. The van der Waals surface area contributed by atoms with Gasteiger partial charge in [-0.1, -0.05) is 12.1 Å². The smallest absolute Gasteiger partial charge is 0.351 e. The summed E-state index contributed by atoms with van der Waals surface area (Å²) in [4.78, 5) is 22.0. The molecule has 3 rings (SSSR count). The minimum Gasteiger partial charge on any atom is -0.351 e. The van der Waals surface area contributed by atoms with E-state index in [2.05, 4.69) is 0 Å². The third-order valence-corrected chi connectivity index (χ3v) is 6.22. The lowest BCUT2D eigenvalue weighted by Crippen LogP contribution is -2.49. The lowest BCUT2D eigenvalue weighted by Gasteiger charge is -2.48. The first-order valence-electron chi connectivity index (χ1n) is 7.69. The summed E-state index contributed by atoms with van der Waals surface area (Å²) in [6.07, 6.45) is 1.64. The Kier molecular flexibility index (Phi) is 4.47. The van der Waals surface area contributed by atoms with E-state index in [0.29, 0.717) is 24.2 Å². The maximum atomic E-state index is 13.3. The number of piperidine rings is 1. The Bertz CT molecular complexity index is 760. The first-order chi connectivity index (χ1) is 11.3. The van der Waals surface area contributed by atoms with Gasteiger partial charge in [-0.2, -0.15) is 0 Å². The molecule has 0 radical (unpaired) electrons. The molecule has 0 amide bonds. The van der Waals surface area contributed by atoms with Crippen molar-refractivity contribution in [1.82, 2.24) is 0 Å². The zero-order valence-electron chi connectivity index (χ0n) is 12.9. The summed E-state index contributed by atoms with van der Waals surface area (Å²) in [5, 5.41) is -1.57. The molecular formula is C17H18F2NO3P. The van der Waals surface area contributed by atoms with E-state index in [1.54, 1.807) is 4.90 Å². The summed E-state index contributed by atoms with van der Waals surface area (Å²) in [6, 6.07) is 10.8. The summed E-state index contributed by atoms with van der Waals surface area (Å²) in [6.45, 7) is 0.425. The number of halogens is 2. The van der Waals surface area contributed by atoms with Crippen LogP contribution in [-0.2, 0) is 9.85 Å². The molecule has 128 valence electrons. The molecule has 0 saturated carbocycles. The Balaban J connectivity index is 2.18. The van der Waals surface area contributed by atoms with E-state index >= 15 is 0 Å². The van der Waals surface area contributed by atoms with Crippen LogP contribution in [0.1, 0.15) is 24.8 Å². The van der Waals surface area contributed by atoms with Gasteiger partial charge in [-0.05, 0) is 61.2 Å². The highest BCUT2D eigenvalue weighted by molar-refractivity contribution is 7.53. The Morgan fingerprint density at radius 3 is 2.00 bits per heavy atom. The maximum absolute atomic E-state index is 13.3. The Morgan fingerprint density at radius 2 is 1.46 bits per heavy atom. The summed E-state index contributed by atoms with van der Waals surface area (Å²) in [5.74, 6) is -0.886. The molecule has 2 aromatic rings. The summed E-state index contributed by atoms with van der Waals surface area (Å²) in [7, 11) is -4.63. The van der Waals surface area contributed by atoms with Crippen LogP contribution < -0.4 is 4.90 Å². The Labute approximate surface area is 138 Å². The SMILES string of the molecule is O=P(O)(O)C1(c2ccc(F)cc2)CCCCN1c1ccc(F)cc1. The van der Waals surface area contributed by atoms with Gasteiger partial charge in [-0.25, -0.2) is 8.78 Å². The lowest BCUT2D eigenvalue weighted by molar-refractivity contribution is 0.290. The fraction of sp³-hybridized carbons (Fsp3) is 0.294. The van der Waals surface area contributed by atoms with Crippen LogP contribution in [0.5, 0.6) is 0 Å². The van der Waals surface area contributed by atoms with Crippen LogP contribution in [0.2, 0.25) is 0 Å². The third kappa shape index (κ3) is 2.86. The van der Waals surface area contributed by atoms with Crippen molar-refractivity contribution in [2.45, 2.75) is 24.5 Å². The first-order valence-corrected chi connectivity index (χ1v) is 9.31. The van der Waals surface area contributed by atoms with E-state index < -0.39 is 24.5 Å². The molecule has 0 aromatic heterocycles. The van der Waals surface area contributed by atoms with E-state index in [4.69, 9.17) is 0 Å². The highest BCUT2D eigenvalue weighted by Gasteiger charge is 2.54. The summed E-state index contributed by atoms with van der Waals surface area (Å²) in [5.41, 5.74) is 0.894. The van der Waals surface area contributed by atoms with Gasteiger partial charge in [-0.3, -0.25) is 4.57 Å². The standard InChI is InChI=1S/C17H18F2NO3P/c18-14-5-3-13(4-6-14)17(24(21,22)23)11-1-2-12-20(17)16-9-7-15(19)8-10-16/h3-10H,1-2,11-12H2,(H2,21,22,23). The average Bonchev–Trinajstić information content (AvgIpc) is 2.55. The molecule has 2 N–H and O–H groups in total. The van der Waals surface area contributed by atoms with Crippen molar-refractivity contribution in [3.63, 3.8) is 0 Å². The van der Waals surface area contributed by atoms with Gasteiger partial charge in [0.15, 0.2) is 5.28 Å². The van der Waals surface area contributed by atoms with Crippen LogP contribution in [-0.4, -0.2) is 16.3 Å². The molecule has 2 aromatic carbocycles. The zero-order chi connectivity index (χ0) is 17.4. The second-order valence-corrected chi connectivity index (χ2v) is 7.78. The number of nitrogens with zero attached hydrogens (tertiary/aromatic N) is 1. The minimum absolute atomic E-state index is 0.236. The largest absolute Gasteiger partial charge is 0.355 e. The number of benzene rings is 2. The number of rotatable bonds is 3. The molecule has 1 unspecified atom stereocenters. The van der Waals surface area contributed by atoms with E-state index in [1.807, 2.05) is 0 Å². The van der Waals surface area contributed by atoms with Crippen molar-refractivity contribution < 1.29 is 23.1 Å². The molecule has 0 spiro atoms. The van der Waals surface area contributed by atoms with Gasteiger partial charge in [0, 0.05) is 12.2 Å². The highest BCUT2D eigenvalue weighted by Crippen LogP contribution is 2.63. The molecule has 1 fully saturated rings. The van der Waals surface area contributed by atoms with Gasteiger partial charge >= 0.3 is 7.60 Å². The molecule has 7 heteroatoms. The van der Waals surface area contributed by atoms with Crippen LogP contribution in [0.4, 0.5) is 14.5 Å². The predicted octanol–water partition coefficient (Wildman–Crippen LogP) is 3.99. The van der Waals surface area contributed by atoms with Gasteiger partial charge in [0.1, 0.15) is 11.6 Å². The van der Waals surface area contributed by atoms with Crippen LogP contribution in [0.25, 0.3) is 0 Å². The molecule has 1 heterocycles. The van der Waals surface area contributed by atoms with E-state index in [1.165, 1.54) is 48.5 Å². The molecule has 0 aliphatic carbocycles. The normalized spacial score (nSPS) is 21.8. The number of hydrogen-bond donors (Lipinski definition) is 2. The van der Waals surface area contributed by atoms with E-state index in [9.17, 15) is 23.1 Å². The van der Waals surface area contributed by atoms with Gasteiger partial charge in [0.05, 0.1) is 0 Å². The van der Waals surface area contributed by atoms with Crippen molar-refractivity contribution in [1.29, 1.82) is 0 Å². The third-order valence-electron chi connectivity index (χ3n) is 4.53. The monoisotopic (exact) mass is 353 g/mol.